The number of azo groups is 1. The lowest BCUT2D eigenvalue weighted by Gasteiger charge is -2.14. The Labute approximate surface area is 218 Å². The van der Waals surface area contributed by atoms with Crippen LogP contribution in [0, 0.1) is 0 Å². The summed E-state index contributed by atoms with van der Waals surface area (Å²) in [5.74, 6) is -0.616. The van der Waals surface area contributed by atoms with E-state index in [1.54, 1.807) is 42.5 Å². The van der Waals surface area contributed by atoms with Gasteiger partial charge in [-0.05, 0) is 66.4 Å². The van der Waals surface area contributed by atoms with Crippen molar-refractivity contribution in [3.05, 3.63) is 90.7 Å². The Morgan fingerprint density at radius 1 is 0.912 bits per heavy atom. The highest BCUT2D eigenvalue weighted by molar-refractivity contribution is 8.18. The van der Waals surface area contributed by atoms with E-state index >= 15 is 0 Å². The first kappa shape index (κ1) is 24.6. The maximum Gasteiger partial charge on any atom is 0.293 e. The molecule has 0 spiro atoms. The van der Waals surface area contributed by atoms with Crippen molar-refractivity contribution in [2.75, 3.05) is 0 Å². The van der Waals surface area contributed by atoms with E-state index in [-0.39, 0.29) is 17.2 Å². The maximum absolute atomic E-state index is 12.9. The number of thioether (sulfide) groups is 1. The lowest BCUT2D eigenvalue weighted by Crippen LogP contribution is -2.27. The fraction of sp³-hybridized carbons (Fsp3) is 0.0435. The second-order valence-corrected chi connectivity index (χ2v) is 9.66. The molecule has 2 amide bonds. The van der Waals surface area contributed by atoms with Gasteiger partial charge in [-0.2, -0.15) is 5.11 Å². The number of rotatable bonds is 5. The lowest BCUT2D eigenvalue weighted by molar-refractivity contribution is -0.123. The van der Waals surface area contributed by atoms with E-state index < -0.39 is 11.1 Å². The van der Waals surface area contributed by atoms with Crippen molar-refractivity contribution >= 4 is 86.8 Å². The molecule has 1 heterocycles. The topological polar surface area (TPSA) is 82.3 Å². The Hall–Kier alpha value is -2.55. The highest BCUT2D eigenvalue weighted by Crippen LogP contribution is 2.37. The fourth-order valence-electron chi connectivity index (χ4n) is 3.01. The molecule has 0 saturated carbocycles. The summed E-state index contributed by atoms with van der Waals surface area (Å²) in [5, 5.41) is 19.5. The normalized spacial score (nSPS) is 15.2. The monoisotopic (exact) mass is 551 g/mol. The van der Waals surface area contributed by atoms with Gasteiger partial charge in [0.15, 0.2) is 0 Å². The molecule has 1 N–H and O–H groups in total. The molecule has 1 aliphatic rings. The summed E-state index contributed by atoms with van der Waals surface area (Å²) >= 11 is 25.1. The van der Waals surface area contributed by atoms with Gasteiger partial charge >= 0.3 is 0 Å². The second kappa shape index (κ2) is 10.4. The van der Waals surface area contributed by atoms with Gasteiger partial charge in [-0.15, -0.1) is 5.11 Å². The van der Waals surface area contributed by atoms with Gasteiger partial charge in [0.2, 0.25) is 0 Å². The average molecular weight is 553 g/mol. The first-order chi connectivity index (χ1) is 16.2. The van der Waals surface area contributed by atoms with Crippen LogP contribution in [0.2, 0.25) is 20.1 Å². The molecule has 4 rings (SSSR count). The van der Waals surface area contributed by atoms with Crippen LogP contribution in [0.5, 0.6) is 5.75 Å². The predicted octanol–water partition coefficient (Wildman–Crippen LogP) is 8.66. The molecule has 1 fully saturated rings. The summed E-state index contributed by atoms with van der Waals surface area (Å²) in [5.41, 5.74) is 1.58. The molecule has 3 aromatic rings. The van der Waals surface area contributed by atoms with E-state index in [4.69, 9.17) is 46.4 Å². The van der Waals surface area contributed by atoms with Crippen molar-refractivity contribution in [3.8, 4) is 5.75 Å². The van der Waals surface area contributed by atoms with Crippen molar-refractivity contribution in [3.63, 3.8) is 0 Å². The van der Waals surface area contributed by atoms with Gasteiger partial charge in [0.1, 0.15) is 11.4 Å². The molecule has 0 aromatic heterocycles. The molecule has 3 aromatic carbocycles. The largest absolute Gasteiger partial charge is 0.507 e. The van der Waals surface area contributed by atoms with Gasteiger partial charge < -0.3 is 5.11 Å². The molecular weight excluding hydrogens is 540 g/mol. The number of carbonyl (C=O) groups is 2. The summed E-state index contributed by atoms with van der Waals surface area (Å²) < 4.78 is 0. The van der Waals surface area contributed by atoms with Gasteiger partial charge in [-0.3, -0.25) is 14.5 Å². The number of aromatic hydroxyl groups is 1. The quantitative estimate of drug-likeness (QED) is 0.253. The Kier molecular flexibility index (Phi) is 7.50. The number of nitrogens with zero attached hydrogens (tertiary/aromatic N) is 3. The Bertz CT molecular complexity index is 1360. The lowest BCUT2D eigenvalue weighted by atomic mass is 10.1. The second-order valence-electron chi connectivity index (χ2n) is 7.01. The Balaban J connectivity index is 1.58. The van der Waals surface area contributed by atoms with Crippen LogP contribution in [-0.4, -0.2) is 21.2 Å². The molecule has 1 saturated heterocycles. The van der Waals surface area contributed by atoms with Gasteiger partial charge in [0, 0.05) is 26.2 Å². The van der Waals surface area contributed by atoms with Crippen LogP contribution in [0.1, 0.15) is 11.1 Å². The Morgan fingerprint density at radius 2 is 1.65 bits per heavy atom. The predicted molar refractivity (Wildman–Crippen MR) is 137 cm³/mol. The van der Waals surface area contributed by atoms with Crippen LogP contribution in [0.3, 0.4) is 0 Å². The number of imide groups is 1. The van der Waals surface area contributed by atoms with Gasteiger partial charge in [0.05, 0.1) is 22.2 Å². The molecule has 172 valence electrons. The first-order valence-corrected chi connectivity index (χ1v) is 11.9. The SMILES string of the molecule is O=C1S/C(=C\c2cc(N=Nc3ccc(Cl)cc3Cl)ccc2O)C(=O)N1Cc1c(Cl)cccc1Cl. The smallest absolute Gasteiger partial charge is 0.293 e. The number of carbonyl (C=O) groups excluding carboxylic acids is 2. The van der Waals surface area contributed by atoms with Crippen LogP contribution in [-0.2, 0) is 11.3 Å². The van der Waals surface area contributed by atoms with Crippen LogP contribution in [0.15, 0.2) is 69.7 Å². The van der Waals surface area contributed by atoms with Gasteiger partial charge in [-0.1, -0.05) is 52.5 Å². The van der Waals surface area contributed by atoms with Crippen molar-refractivity contribution in [1.82, 2.24) is 4.90 Å². The highest BCUT2D eigenvalue weighted by atomic mass is 35.5. The van der Waals surface area contributed by atoms with Crippen LogP contribution >= 0.6 is 58.2 Å². The van der Waals surface area contributed by atoms with Crippen LogP contribution in [0.25, 0.3) is 6.08 Å². The molecule has 0 radical (unpaired) electrons. The molecule has 34 heavy (non-hydrogen) atoms. The van der Waals surface area contributed by atoms with E-state index in [0.717, 1.165) is 16.7 Å². The first-order valence-electron chi connectivity index (χ1n) is 9.61. The number of hydrogen-bond acceptors (Lipinski definition) is 6. The summed E-state index contributed by atoms with van der Waals surface area (Å²) in [7, 11) is 0. The number of phenolic OH excluding ortho intramolecular Hbond substituents is 1. The van der Waals surface area contributed by atoms with E-state index in [1.165, 1.54) is 18.2 Å². The number of phenols is 1. The van der Waals surface area contributed by atoms with Crippen molar-refractivity contribution in [1.29, 1.82) is 0 Å². The number of hydrogen-bond donors (Lipinski definition) is 1. The minimum atomic E-state index is -0.523. The highest BCUT2D eigenvalue weighted by Gasteiger charge is 2.36. The maximum atomic E-state index is 12.9. The van der Waals surface area contributed by atoms with Crippen molar-refractivity contribution in [2.24, 2.45) is 10.2 Å². The standard InChI is InChI=1S/C23H13Cl4N3O3S/c24-13-4-6-19(18(27)10-13)29-28-14-5-7-20(31)12(8-14)9-21-22(32)30(23(33)34-21)11-15-16(25)2-1-3-17(15)26/h1-10,31H,11H2/b21-9-,29-28?. The third-order valence-electron chi connectivity index (χ3n) is 4.73. The Morgan fingerprint density at radius 3 is 2.35 bits per heavy atom. The number of halogens is 4. The zero-order valence-electron chi connectivity index (χ0n) is 17.0. The van der Waals surface area contributed by atoms with Crippen molar-refractivity contribution < 1.29 is 14.7 Å². The minimum Gasteiger partial charge on any atom is -0.507 e. The molecule has 0 aliphatic carbocycles. The minimum absolute atomic E-state index is 0.0669. The molecular formula is C23H13Cl4N3O3S. The van der Waals surface area contributed by atoms with Crippen molar-refractivity contribution in [2.45, 2.75) is 6.54 Å². The third kappa shape index (κ3) is 5.40. The molecule has 0 unspecified atom stereocenters. The molecule has 6 nitrogen and oxygen atoms in total. The third-order valence-corrected chi connectivity index (χ3v) is 6.89. The molecule has 11 heteroatoms. The van der Waals surface area contributed by atoms with Gasteiger partial charge in [-0.25, -0.2) is 0 Å². The number of benzene rings is 3. The molecule has 0 bridgehead atoms. The van der Waals surface area contributed by atoms with E-state index in [1.807, 2.05) is 0 Å². The molecule has 0 atom stereocenters. The zero-order chi connectivity index (χ0) is 24.4. The van der Waals surface area contributed by atoms with Crippen LogP contribution < -0.4 is 0 Å². The fourth-order valence-corrected chi connectivity index (χ4v) is 4.81. The van der Waals surface area contributed by atoms with E-state index in [0.29, 0.717) is 42.6 Å². The number of amides is 2. The van der Waals surface area contributed by atoms with Gasteiger partial charge in [0.25, 0.3) is 11.1 Å². The average Bonchev–Trinajstić information content (AvgIpc) is 3.04. The molecule has 1 aliphatic heterocycles. The summed E-state index contributed by atoms with van der Waals surface area (Å²) in [6, 6.07) is 14.2. The summed E-state index contributed by atoms with van der Waals surface area (Å²) in [6.07, 6.45) is 1.42. The van der Waals surface area contributed by atoms with E-state index in [9.17, 15) is 14.7 Å². The summed E-state index contributed by atoms with van der Waals surface area (Å²) in [4.78, 5) is 26.6. The van der Waals surface area contributed by atoms with E-state index in [2.05, 4.69) is 10.2 Å². The van der Waals surface area contributed by atoms with Crippen LogP contribution in [0.4, 0.5) is 16.2 Å². The summed E-state index contributed by atoms with van der Waals surface area (Å²) in [6.45, 7) is -0.0669. The zero-order valence-corrected chi connectivity index (χ0v) is 20.8.